The number of piperidine rings is 1. The maximum absolute atomic E-state index is 10.7. The molecule has 2 atom stereocenters. The Morgan fingerprint density at radius 3 is 3.00 bits per heavy atom. The lowest BCUT2D eigenvalue weighted by Gasteiger charge is -2.35. The normalized spacial score (nSPS) is 19.4. The van der Waals surface area contributed by atoms with Crippen molar-refractivity contribution in [3.63, 3.8) is 0 Å². The molecule has 25 heavy (non-hydrogen) atoms. The lowest BCUT2D eigenvalue weighted by atomic mass is 9.91. The minimum absolute atomic E-state index is 0.170. The summed E-state index contributed by atoms with van der Waals surface area (Å²) in [6.45, 7) is 2.59. The van der Waals surface area contributed by atoms with Gasteiger partial charge >= 0.3 is 0 Å². The van der Waals surface area contributed by atoms with Crippen molar-refractivity contribution >= 4 is 0 Å². The van der Waals surface area contributed by atoms with Crippen LogP contribution in [0.15, 0.2) is 30.6 Å². The summed E-state index contributed by atoms with van der Waals surface area (Å²) in [4.78, 5) is 6.62. The zero-order valence-corrected chi connectivity index (χ0v) is 14.7. The van der Waals surface area contributed by atoms with Crippen LogP contribution in [0.3, 0.4) is 0 Å². The van der Waals surface area contributed by atoms with Gasteiger partial charge in [0.25, 0.3) is 0 Å². The summed E-state index contributed by atoms with van der Waals surface area (Å²) >= 11 is 0. The molecule has 0 aliphatic carbocycles. The molecule has 1 aliphatic rings. The van der Waals surface area contributed by atoms with Gasteiger partial charge in [-0.15, -0.1) is 0 Å². The van der Waals surface area contributed by atoms with Crippen LogP contribution in [0.1, 0.15) is 35.9 Å². The Labute approximate surface area is 148 Å². The molecule has 6 heteroatoms. The van der Waals surface area contributed by atoms with E-state index in [1.807, 2.05) is 36.0 Å². The Morgan fingerprint density at radius 2 is 2.32 bits per heavy atom. The number of hydrogen-bond donors (Lipinski definition) is 1. The average molecular weight is 340 g/mol. The zero-order valence-electron chi connectivity index (χ0n) is 14.7. The van der Waals surface area contributed by atoms with Crippen LogP contribution in [0.5, 0.6) is 5.75 Å². The first-order valence-corrected chi connectivity index (χ1v) is 8.57. The van der Waals surface area contributed by atoms with Gasteiger partial charge in [0, 0.05) is 38.4 Å². The lowest BCUT2D eigenvalue weighted by Crippen LogP contribution is -2.37. The van der Waals surface area contributed by atoms with Crippen LogP contribution >= 0.6 is 0 Å². The van der Waals surface area contributed by atoms with Crippen molar-refractivity contribution in [2.24, 2.45) is 13.0 Å². The van der Waals surface area contributed by atoms with Gasteiger partial charge in [0.2, 0.25) is 0 Å². The summed E-state index contributed by atoms with van der Waals surface area (Å²) in [5.41, 5.74) is 1.64. The number of rotatable bonds is 5. The van der Waals surface area contributed by atoms with Gasteiger partial charge < -0.3 is 14.4 Å². The van der Waals surface area contributed by atoms with Gasteiger partial charge in [0.15, 0.2) is 0 Å². The average Bonchev–Trinajstić information content (AvgIpc) is 3.07. The van der Waals surface area contributed by atoms with Crippen molar-refractivity contribution in [2.75, 3.05) is 20.2 Å². The molecule has 3 rings (SSSR count). The molecule has 6 nitrogen and oxygen atoms in total. The van der Waals surface area contributed by atoms with Crippen LogP contribution in [-0.4, -0.2) is 39.8 Å². The Morgan fingerprint density at radius 1 is 1.48 bits per heavy atom. The van der Waals surface area contributed by atoms with Crippen LogP contribution in [0.4, 0.5) is 0 Å². The molecule has 132 valence electrons. The van der Waals surface area contributed by atoms with E-state index in [2.05, 4.69) is 16.0 Å². The summed E-state index contributed by atoms with van der Waals surface area (Å²) in [5, 5.41) is 19.9. The number of aliphatic hydroxyl groups excluding tert-OH is 1. The van der Waals surface area contributed by atoms with Crippen molar-refractivity contribution in [3.8, 4) is 11.8 Å². The molecule has 0 radical (unpaired) electrons. The van der Waals surface area contributed by atoms with Crippen LogP contribution in [0.25, 0.3) is 0 Å². The van der Waals surface area contributed by atoms with E-state index in [0.717, 1.165) is 43.9 Å². The molecular formula is C19H24N4O2. The van der Waals surface area contributed by atoms with E-state index in [9.17, 15) is 10.4 Å². The largest absolute Gasteiger partial charge is 0.495 e. The number of nitriles is 1. The maximum atomic E-state index is 10.7. The molecule has 1 N–H and O–H groups in total. The molecule has 2 aromatic rings. The first-order valence-electron chi connectivity index (χ1n) is 8.57. The lowest BCUT2D eigenvalue weighted by molar-refractivity contribution is 0.0405. The van der Waals surface area contributed by atoms with Crippen LogP contribution in [0, 0.1) is 17.2 Å². The van der Waals surface area contributed by atoms with Crippen LogP contribution in [-0.2, 0) is 13.6 Å². The number of nitrogens with zero attached hydrogens (tertiary/aromatic N) is 4. The fourth-order valence-corrected chi connectivity index (χ4v) is 3.56. The molecule has 0 bridgehead atoms. The Balaban J connectivity index is 1.68. The highest BCUT2D eigenvalue weighted by Gasteiger charge is 2.29. The van der Waals surface area contributed by atoms with Gasteiger partial charge in [0.1, 0.15) is 23.7 Å². The minimum Gasteiger partial charge on any atom is -0.495 e. The van der Waals surface area contributed by atoms with E-state index in [4.69, 9.17) is 4.74 Å². The molecule has 0 spiro atoms. The highest BCUT2D eigenvalue weighted by Crippen LogP contribution is 2.30. The predicted octanol–water partition coefficient (Wildman–Crippen LogP) is 2.25. The molecule has 1 fully saturated rings. The second-order valence-electron chi connectivity index (χ2n) is 6.63. The second kappa shape index (κ2) is 7.68. The van der Waals surface area contributed by atoms with E-state index < -0.39 is 6.10 Å². The highest BCUT2D eigenvalue weighted by molar-refractivity contribution is 5.45. The molecule has 1 aromatic carbocycles. The monoisotopic (exact) mass is 340 g/mol. The van der Waals surface area contributed by atoms with Crippen molar-refractivity contribution in [1.29, 1.82) is 5.26 Å². The molecule has 2 heterocycles. The maximum Gasteiger partial charge on any atom is 0.137 e. The molecule has 2 unspecified atom stereocenters. The van der Waals surface area contributed by atoms with Crippen LogP contribution in [0.2, 0.25) is 0 Å². The molecule has 0 amide bonds. The fourth-order valence-electron chi connectivity index (χ4n) is 3.56. The Bertz CT molecular complexity index is 765. The van der Waals surface area contributed by atoms with E-state index in [1.54, 1.807) is 13.3 Å². The van der Waals surface area contributed by atoms with Crippen molar-refractivity contribution in [1.82, 2.24) is 14.5 Å². The quantitative estimate of drug-likeness (QED) is 0.903. The van der Waals surface area contributed by atoms with E-state index in [-0.39, 0.29) is 5.92 Å². The number of imidazole rings is 1. The van der Waals surface area contributed by atoms with Gasteiger partial charge in [-0.2, -0.15) is 5.26 Å². The summed E-state index contributed by atoms with van der Waals surface area (Å²) < 4.78 is 7.09. The third-order valence-electron chi connectivity index (χ3n) is 4.90. The number of aliphatic hydroxyl groups is 1. The first kappa shape index (κ1) is 17.5. The molecule has 1 aliphatic heterocycles. The van der Waals surface area contributed by atoms with Crippen LogP contribution < -0.4 is 4.74 Å². The Hall–Kier alpha value is -2.36. The molecular weight excluding hydrogens is 316 g/mol. The number of aryl methyl sites for hydroxylation is 1. The number of hydrogen-bond acceptors (Lipinski definition) is 5. The van der Waals surface area contributed by atoms with E-state index >= 15 is 0 Å². The topological polar surface area (TPSA) is 74.3 Å². The third kappa shape index (κ3) is 3.84. The number of likely N-dealkylation sites (tertiary alicyclic amines) is 1. The summed E-state index contributed by atoms with van der Waals surface area (Å²) in [7, 11) is 3.48. The number of aromatic nitrogens is 2. The number of benzene rings is 1. The fraction of sp³-hybridized carbons (Fsp3) is 0.474. The summed E-state index contributed by atoms with van der Waals surface area (Å²) in [5.74, 6) is 1.50. The minimum atomic E-state index is -0.548. The molecule has 0 saturated carbocycles. The predicted molar refractivity (Wildman–Crippen MR) is 93.9 cm³/mol. The summed E-state index contributed by atoms with van der Waals surface area (Å²) in [6.07, 6.45) is 5.08. The van der Waals surface area contributed by atoms with Gasteiger partial charge in [0.05, 0.1) is 12.7 Å². The molecule has 1 aromatic heterocycles. The van der Waals surface area contributed by atoms with Crippen molar-refractivity contribution in [2.45, 2.75) is 25.5 Å². The van der Waals surface area contributed by atoms with Gasteiger partial charge in [-0.25, -0.2) is 4.98 Å². The smallest absolute Gasteiger partial charge is 0.137 e. The number of methoxy groups -OCH3 is 1. The standard InChI is InChI=1S/C19H24N4O2/c1-22-9-7-21-19(22)18(24)15-4-3-8-23(13-15)12-14-5-6-17(25-2)16(10-14)11-20/h5-7,9-10,15,18,24H,3-4,8,12-13H2,1-2H3. The first-order chi connectivity index (χ1) is 12.1. The Kier molecular flexibility index (Phi) is 5.37. The van der Waals surface area contributed by atoms with Gasteiger partial charge in [-0.05, 0) is 37.1 Å². The van der Waals surface area contributed by atoms with Crippen molar-refractivity contribution < 1.29 is 9.84 Å². The van der Waals surface area contributed by atoms with E-state index in [0.29, 0.717) is 11.3 Å². The van der Waals surface area contributed by atoms with E-state index in [1.165, 1.54) is 0 Å². The zero-order chi connectivity index (χ0) is 17.8. The second-order valence-corrected chi connectivity index (χ2v) is 6.63. The number of ether oxygens (including phenoxy) is 1. The SMILES string of the molecule is COc1ccc(CN2CCCC(C(O)c3nccn3C)C2)cc1C#N. The van der Waals surface area contributed by atoms with Gasteiger partial charge in [-0.1, -0.05) is 6.07 Å². The van der Waals surface area contributed by atoms with Gasteiger partial charge in [-0.3, -0.25) is 4.90 Å². The van der Waals surface area contributed by atoms with Crippen molar-refractivity contribution in [3.05, 3.63) is 47.5 Å². The highest BCUT2D eigenvalue weighted by atomic mass is 16.5. The summed E-state index contributed by atoms with van der Waals surface area (Å²) in [6, 6.07) is 7.91. The molecule has 1 saturated heterocycles. The third-order valence-corrected chi connectivity index (χ3v) is 4.90.